The molecular formula is C13H16N2O4. The number of amides is 2. The van der Waals surface area contributed by atoms with Crippen molar-refractivity contribution in [1.82, 2.24) is 10.8 Å². The SMILES string of the molecule is COc1ccc(C[C@@H]2C[C@H](C(=O)NO)NC2=O)cc1. The minimum absolute atomic E-state index is 0.163. The summed E-state index contributed by atoms with van der Waals surface area (Å²) in [7, 11) is 1.59. The molecular weight excluding hydrogens is 248 g/mol. The first-order chi connectivity index (χ1) is 9.13. The lowest BCUT2D eigenvalue weighted by Crippen LogP contribution is -2.40. The number of nitrogens with one attached hydrogen (secondary N) is 2. The number of hydroxylamine groups is 1. The largest absolute Gasteiger partial charge is 0.497 e. The smallest absolute Gasteiger partial charge is 0.265 e. The zero-order chi connectivity index (χ0) is 13.8. The van der Waals surface area contributed by atoms with Crippen molar-refractivity contribution in [2.75, 3.05) is 7.11 Å². The Morgan fingerprint density at radius 1 is 1.47 bits per heavy atom. The lowest BCUT2D eigenvalue weighted by molar-refractivity contribution is -0.132. The Bertz CT molecular complexity index is 472. The van der Waals surface area contributed by atoms with Gasteiger partial charge in [0.25, 0.3) is 5.91 Å². The van der Waals surface area contributed by atoms with Gasteiger partial charge in [0.2, 0.25) is 5.91 Å². The first-order valence-corrected chi connectivity index (χ1v) is 6.01. The molecule has 0 aliphatic carbocycles. The van der Waals surface area contributed by atoms with E-state index < -0.39 is 11.9 Å². The van der Waals surface area contributed by atoms with Gasteiger partial charge in [-0.25, -0.2) is 5.48 Å². The molecule has 1 fully saturated rings. The maximum absolute atomic E-state index is 11.7. The van der Waals surface area contributed by atoms with E-state index in [1.807, 2.05) is 24.3 Å². The third kappa shape index (κ3) is 3.03. The van der Waals surface area contributed by atoms with Crippen LogP contribution < -0.4 is 15.5 Å². The minimum atomic E-state index is -0.652. The van der Waals surface area contributed by atoms with E-state index in [4.69, 9.17) is 9.94 Å². The van der Waals surface area contributed by atoms with Crippen LogP contribution in [0.2, 0.25) is 0 Å². The number of benzene rings is 1. The topological polar surface area (TPSA) is 87.7 Å². The van der Waals surface area contributed by atoms with Gasteiger partial charge in [0.05, 0.1) is 7.11 Å². The first-order valence-electron chi connectivity index (χ1n) is 6.01. The summed E-state index contributed by atoms with van der Waals surface area (Å²) in [6, 6.07) is 6.80. The van der Waals surface area contributed by atoms with Gasteiger partial charge >= 0.3 is 0 Å². The molecule has 102 valence electrons. The summed E-state index contributed by atoms with van der Waals surface area (Å²) in [6.07, 6.45) is 0.947. The van der Waals surface area contributed by atoms with E-state index in [2.05, 4.69) is 5.32 Å². The summed E-state index contributed by atoms with van der Waals surface area (Å²) in [5.74, 6) is -0.233. The van der Waals surface area contributed by atoms with Crippen LogP contribution in [-0.4, -0.2) is 30.2 Å². The molecule has 0 bridgehead atoms. The monoisotopic (exact) mass is 264 g/mol. The predicted molar refractivity (Wildman–Crippen MR) is 66.7 cm³/mol. The van der Waals surface area contributed by atoms with E-state index >= 15 is 0 Å². The molecule has 0 unspecified atom stereocenters. The molecule has 2 amide bonds. The maximum Gasteiger partial charge on any atom is 0.265 e. The van der Waals surface area contributed by atoms with E-state index in [0.29, 0.717) is 12.8 Å². The highest BCUT2D eigenvalue weighted by atomic mass is 16.5. The average Bonchev–Trinajstić information content (AvgIpc) is 2.80. The van der Waals surface area contributed by atoms with Crippen LogP contribution >= 0.6 is 0 Å². The lowest BCUT2D eigenvalue weighted by Gasteiger charge is -2.08. The molecule has 2 rings (SSSR count). The molecule has 1 heterocycles. The number of carbonyl (C=O) groups is 2. The molecule has 19 heavy (non-hydrogen) atoms. The highest BCUT2D eigenvalue weighted by Gasteiger charge is 2.35. The lowest BCUT2D eigenvalue weighted by atomic mass is 9.96. The van der Waals surface area contributed by atoms with Crippen LogP contribution in [-0.2, 0) is 16.0 Å². The number of carbonyl (C=O) groups excluding carboxylic acids is 2. The molecule has 0 spiro atoms. The first kappa shape index (κ1) is 13.4. The van der Waals surface area contributed by atoms with Gasteiger partial charge in [0.15, 0.2) is 0 Å². The fraction of sp³-hybridized carbons (Fsp3) is 0.385. The van der Waals surface area contributed by atoms with E-state index in [9.17, 15) is 9.59 Å². The van der Waals surface area contributed by atoms with Crippen LogP contribution in [0.3, 0.4) is 0 Å². The highest BCUT2D eigenvalue weighted by Crippen LogP contribution is 2.22. The number of hydrogen-bond donors (Lipinski definition) is 3. The molecule has 1 aromatic rings. The molecule has 1 aromatic carbocycles. The van der Waals surface area contributed by atoms with Crippen LogP contribution in [0.1, 0.15) is 12.0 Å². The Kier molecular flexibility index (Phi) is 4.01. The molecule has 1 saturated heterocycles. The fourth-order valence-corrected chi connectivity index (χ4v) is 2.21. The third-order valence-corrected chi connectivity index (χ3v) is 3.28. The summed E-state index contributed by atoms with van der Waals surface area (Å²) < 4.78 is 5.06. The van der Waals surface area contributed by atoms with Crippen molar-refractivity contribution in [2.45, 2.75) is 18.9 Å². The van der Waals surface area contributed by atoms with Crippen molar-refractivity contribution in [1.29, 1.82) is 0 Å². The molecule has 0 radical (unpaired) electrons. The van der Waals surface area contributed by atoms with Gasteiger partial charge in [-0.05, 0) is 30.5 Å². The van der Waals surface area contributed by atoms with E-state index in [1.54, 1.807) is 12.6 Å². The fourth-order valence-electron chi connectivity index (χ4n) is 2.21. The highest BCUT2D eigenvalue weighted by molar-refractivity contribution is 5.91. The minimum Gasteiger partial charge on any atom is -0.497 e. The zero-order valence-corrected chi connectivity index (χ0v) is 10.6. The van der Waals surface area contributed by atoms with Gasteiger partial charge in [-0.2, -0.15) is 0 Å². The quantitative estimate of drug-likeness (QED) is 0.537. The van der Waals surface area contributed by atoms with Gasteiger partial charge in [0.1, 0.15) is 11.8 Å². The number of methoxy groups -OCH3 is 1. The van der Waals surface area contributed by atoms with E-state index in [-0.39, 0.29) is 11.8 Å². The van der Waals surface area contributed by atoms with Crippen molar-refractivity contribution in [2.24, 2.45) is 5.92 Å². The Morgan fingerprint density at radius 2 is 2.16 bits per heavy atom. The molecule has 1 aliphatic heterocycles. The summed E-state index contributed by atoms with van der Waals surface area (Å²) in [5.41, 5.74) is 2.56. The summed E-state index contributed by atoms with van der Waals surface area (Å²) in [6.45, 7) is 0. The molecule has 2 atom stereocenters. The molecule has 3 N–H and O–H groups in total. The second-order valence-corrected chi connectivity index (χ2v) is 4.52. The van der Waals surface area contributed by atoms with Crippen LogP contribution in [0.15, 0.2) is 24.3 Å². The Balaban J connectivity index is 1.99. The second kappa shape index (κ2) is 5.71. The summed E-state index contributed by atoms with van der Waals surface area (Å²) in [4.78, 5) is 23.0. The van der Waals surface area contributed by atoms with Crippen molar-refractivity contribution in [3.05, 3.63) is 29.8 Å². The number of rotatable bonds is 4. The van der Waals surface area contributed by atoms with Gasteiger partial charge in [-0.3, -0.25) is 14.8 Å². The van der Waals surface area contributed by atoms with Crippen molar-refractivity contribution in [3.63, 3.8) is 0 Å². The Morgan fingerprint density at radius 3 is 2.74 bits per heavy atom. The zero-order valence-electron chi connectivity index (χ0n) is 10.6. The van der Waals surface area contributed by atoms with Crippen LogP contribution in [0.25, 0.3) is 0 Å². The number of hydrogen-bond acceptors (Lipinski definition) is 4. The van der Waals surface area contributed by atoms with Crippen molar-refractivity contribution >= 4 is 11.8 Å². The van der Waals surface area contributed by atoms with Crippen LogP contribution in [0.4, 0.5) is 0 Å². The summed E-state index contributed by atoms with van der Waals surface area (Å²) >= 11 is 0. The summed E-state index contributed by atoms with van der Waals surface area (Å²) in [5, 5.41) is 11.1. The van der Waals surface area contributed by atoms with Gasteiger partial charge in [-0.1, -0.05) is 12.1 Å². The van der Waals surface area contributed by atoms with Crippen molar-refractivity contribution in [3.8, 4) is 5.75 Å². The molecule has 6 nitrogen and oxygen atoms in total. The molecule has 0 aromatic heterocycles. The predicted octanol–water partition coefficient (Wildman–Crippen LogP) is 0.248. The standard InChI is InChI=1S/C13H16N2O4/c1-19-10-4-2-8(3-5-10)6-9-7-11(13(17)15-18)14-12(9)16/h2-5,9,11,18H,6-7H2,1H3,(H,14,16)(H,15,17)/t9-,11-/m1/s1. The van der Waals surface area contributed by atoms with Crippen LogP contribution in [0, 0.1) is 5.92 Å². The molecule has 6 heteroatoms. The average molecular weight is 264 g/mol. The third-order valence-electron chi connectivity index (χ3n) is 3.28. The second-order valence-electron chi connectivity index (χ2n) is 4.52. The normalized spacial score (nSPS) is 21.9. The maximum atomic E-state index is 11.7. The van der Waals surface area contributed by atoms with E-state index in [1.165, 1.54) is 0 Å². The van der Waals surface area contributed by atoms with Gasteiger partial charge < -0.3 is 10.1 Å². The van der Waals surface area contributed by atoms with Gasteiger partial charge in [-0.15, -0.1) is 0 Å². The Hall–Kier alpha value is -2.08. The molecule has 0 saturated carbocycles. The van der Waals surface area contributed by atoms with E-state index in [0.717, 1.165) is 11.3 Å². The van der Waals surface area contributed by atoms with Gasteiger partial charge in [0, 0.05) is 5.92 Å². The van der Waals surface area contributed by atoms with Crippen molar-refractivity contribution < 1.29 is 19.5 Å². The molecule has 1 aliphatic rings. The van der Waals surface area contributed by atoms with Crippen LogP contribution in [0.5, 0.6) is 5.75 Å². The Labute approximate surface area is 110 Å². The number of ether oxygens (including phenoxy) is 1.